The molecule has 0 unspecified atom stereocenters. The quantitative estimate of drug-likeness (QED) is 0.394. The van der Waals surface area contributed by atoms with Crippen LogP contribution in [0.1, 0.15) is 0 Å². The molecule has 0 aromatic heterocycles. The van der Waals surface area contributed by atoms with Crippen molar-refractivity contribution in [2.45, 2.75) is 24.5 Å². The van der Waals surface area contributed by atoms with E-state index in [2.05, 4.69) is 5.32 Å². The third kappa shape index (κ3) is 1.53. The van der Waals surface area contributed by atoms with Gasteiger partial charge in [0.2, 0.25) is 5.91 Å². The predicted octanol–water partition coefficient (Wildman–Crippen LogP) is -2.42. The Balaban J connectivity index is 2.06. The van der Waals surface area contributed by atoms with Gasteiger partial charge in [0.15, 0.2) is 6.23 Å². The van der Waals surface area contributed by atoms with Crippen molar-refractivity contribution in [3.8, 4) is 0 Å². The molecule has 13 heavy (non-hydrogen) atoms. The van der Waals surface area contributed by atoms with Gasteiger partial charge in [0.05, 0.1) is 6.61 Å². The molecular formula is C7H11NO5. The summed E-state index contributed by atoms with van der Waals surface area (Å²) in [6.45, 7) is -0.0969. The Morgan fingerprint density at radius 1 is 1.38 bits per heavy atom. The summed E-state index contributed by atoms with van der Waals surface area (Å²) in [5.74, 6) is -0.273. The molecule has 0 bridgehead atoms. The van der Waals surface area contributed by atoms with Crippen LogP contribution in [0.2, 0.25) is 0 Å². The first-order valence-corrected chi connectivity index (χ1v) is 4.07. The molecule has 2 aliphatic heterocycles. The molecule has 2 heterocycles. The summed E-state index contributed by atoms with van der Waals surface area (Å²) >= 11 is 0. The zero-order valence-corrected chi connectivity index (χ0v) is 6.84. The number of amides is 1. The number of aliphatic hydroxyl groups excluding tert-OH is 2. The van der Waals surface area contributed by atoms with E-state index >= 15 is 0 Å². The van der Waals surface area contributed by atoms with Gasteiger partial charge in [-0.2, -0.15) is 0 Å². The van der Waals surface area contributed by atoms with Crippen LogP contribution in [0.15, 0.2) is 0 Å². The molecule has 0 radical (unpaired) electrons. The summed E-state index contributed by atoms with van der Waals surface area (Å²) in [5.41, 5.74) is 0. The molecule has 3 N–H and O–H groups in total. The van der Waals surface area contributed by atoms with E-state index in [0.717, 1.165) is 0 Å². The number of fused-ring (bicyclic) bond motifs is 1. The minimum Gasteiger partial charge on any atom is -0.388 e. The molecule has 0 saturated carbocycles. The van der Waals surface area contributed by atoms with E-state index in [4.69, 9.17) is 9.47 Å². The molecule has 0 aromatic rings. The fourth-order valence-corrected chi connectivity index (χ4v) is 1.48. The number of carbonyl (C=O) groups is 1. The Bertz CT molecular complexity index is 221. The van der Waals surface area contributed by atoms with Gasteiger partial charge in [0.1, 0.15) is 24.9 Å². The Morgan fingerprint density at radius 3 is 2.92 bits per heavy atom. The second-order valence-corrected chi connectivity index (χ2v) is 3.16. The lowest BCUT2D eigenvalue weighted by Crippen LogP contribution is -2.63. The molecule has 6 heteroatoms. The third-order valence-corrected chi connectivity index (χ3v) is 2.19. The van der Waals surface area contributed by atoms with E-state index in [-0.39, 0.29) is 19.1 Å². The molecule has 2 fully saturated rings. The SMILES string of the molecule is O=C1CO[C@@H]2[C@@H](O)[C@H](O)CO[C@H]2N1. The maximum absolute atomic E-state index is 10.8. The normalized spacial score (nSPS) is 45.2. The first-order valence-electron chi connectivity index (χ1n) is 4.07. The lowest BCUT2D eigenvalue weighted by Gasteiger charge is -2.40. The second kappa shape index (κ2) is 3.22. The van der Waals surface area contributed by atoms with Crippen LogP contribution in [0.25, 0.3) is 0 Å². The number of nitrogens with one attached hydrogen (secondary N) is 1. The zero-order valence-electron chi connectivity index (χ0n) is 6.84. The fraction of sp³-hybridized carbons (Fsp3) is 0.857. The van der Waals surface area contributed by atoms with Crippen molar-refractivity contribution in [2.75, 3.05) is 13.2 Å². The number of hydrogen-bond acceptors (Lipinski definition) is 5. The molecule has 6 nitrogen and oxygen atoms in total. The number of hydrogen-bond donors (Lipinski definition) is 3. The second-order valence-electron chi connectivity index (χ2n) is 3.16. The Kier molecular flexibility index (Phi) is 2.20. The van der Waals surface area contributed by atoms with E-state index < -0.39 is 24.5 Å². The van der Waals surface area contributed by atoms with Gasteiger partial charge in [-0.05, 0) is 0 Å². The Morgan fingerprint density at radius 2 is 2.15 bits per heavy atom. The van der Waals surface area contributed by atoms with E-state index in [1.807, 2.05) is 0 Å². The molecule has 74 valence electrons. The number of morpholine rings is 1. The van der Waals surface area contributed by atoms with Crippen molar-refractivity contribution >= 4 is 5.91 Å². The van der Waals surface area contributed by atoms with Crippen molar-refractivity contribution in [1.82, 2.24) is 5.32 Å². The molecule has 1 amide bonds. The number of aliphatic hydroxyl groups is 2. The van der Waals surface area contributed by atoms with Gasteiger partial charge < -0.3 is 25.0 Å². The van der Waals surface area contributed by atoms with Gasteiger partial charge in [-0.3, -0.25) is 4.79 Å². The molecule has 4 atom stereocenters. The van der Waals surface area contributed by atoms with Crippen LogP contribution in [-0.2, 0) is 14.3 Å². The van der Waals surface area contributed by atoms with Crippen LogP contribution in [0.5, 0.6) is 0 Å². The summed E-state index contributed by atoms with van der Waals surface area (Å²) < 4.78 is 10.1. The van der Waals surface area contributed by atoms with Crippen molar-refractivity contribution in [2.24, 2.45) is 0 Å². The molecule has 2 aliphatic rings. The van der Waals surface area contributed by atoms with Crippen LogP contribution < -0.4 is 5.32 Å². The highest BCUT2D eigenvalue weighted by atomic mass is 16.6. The highest BCUT2D eigenvalue weighted by Crippen LogP contribution is 2.19. The molecule has 0 aliphatic carbocycles. The van der Waals surface area contributed by atoms with Gasteiger partial charge >= 0.3 is 0 Å². The van der Waals surface area contributed by atoms with Crippen molar-refractivity contribution in [3.05, 3.63) is 0 Å². The van der Waals surface area contributed by atoms with Gasteiger partial charge in [0, 0.05) is 0 Å². The lowest BCUT2D eigenvalue weighted by molar-refractivity contribution is -0.225. The van der Waals surface area contributed by atoms with E-state index in [9.17, 15) is 15.0 Å². The van der Waals surface area contributed by atoms with Crippen molar-refractivity contribution in [1.29, 1.82) is 0 Å². The first-order chi connectivity index (χ1) is 6.18. The molecule has 2 rings (SSSR count). The molecular weight excluding hydrogens is 178 g/mol. The van der Waals surface area contributed by atoms with Gasteiger partial charge in [-0.15, -0.1) is 0 Å². The largest absolute Gasteiger partial charge is 0.388 e. The summed E-state index contributed by atoms with van der Waals surface area (Å²) in [6, 6.07) is 0. The Hall–Kier alpha value is -0.690. The van der Waals surface area contributed by atoms with Crippen LogP contribution in [0, 0.1) is 0 Å². The highest BCUT2D eigenvalue weighted by molar-refractivity contribution is 5.78. The summed E-state index contributed by atoms with van der Waals surface area (Å²) in [6.07, 6.45) is -3.25. The van der Waals surface area contributed by atoms with Crippen LogP contribution >= 0.6 is 0 Å². The predicted molar refractivity (Wildman–Crippen MR) is 39.6 cm³/mol. The minimum atomic E-state index is -1.00. The van der Waals surface area contributed by atoms with Gasteiger partial charge in [-0.1, -0.05) is 0 Å². The Labute approximate surface area is 74.4 Å². The standard InChI is InChI=1S/C7H11NO5/c9-3-1-13-7-6(5(3)11)12-2-4(10)8-7/h3,5-7,9,11H,1-2H2,(H,8,10)/t3-,5+,6-,7-/m1/s1. The maximum atomic E-state index is 10.8. The van der Waals surface area contributed by atoms with Crippen LogP contribution in [0.4, 0.5) is 0 Å². The third-order valence-electron chi connectivity index (χ3n) is 2.19. The molecule has 0 aromatic carbocycles. The maximum Gasteiger partial charge on any atom is 0.248 e. The number of ether oxygens (including phenoxy) is 2. The topological polar surface area (TPSA) is 88.0 Å². The minimum absolute atomic E-state index is 0.00593. The fourth-order valence-electron chi connectivity index (χ4n) is 1.48. The van der Waals surface area contributed by atoms with Gasteiger partial charge in [-0.25, -0.2) is 0 Å². The van der Waals surface area contributed by atoms with Crippen molar-refractivity contribution < 1.29 is 24.5 Å². The summed E-state index contributed by atoms with van der Waals surface area (Å²) in [5, 5.41) is 21.2. The van der Waals surface area contributed by atoms with Crippen LogP contribution in [-0.4, -0.2) is 53.9 Å². The summed E-state index contributed by atoms with van der Waals surface area (Å²) in [7, 11) is 0. The van der Waals surface area contributed by atoms with Crippen LogP contribution in [0.3, 0.4) is 0 Å². The smallest absolute Gasteiger partial charge is 0.248 e. The lowest BCUT2D eigenvalue weighted by atomic mass is 10.0. The van der Waals surface area contributed by atoms with E-state index in [1.165, 1.54) is 0 Å². The number of rotatable bonds is 0. The average molecular weight is 189 g/mol. The highest BCUT2D eigenvalue weighted by Gasteiger charge is 2.42. The summed E-state index contributed by atoms with van der Waals surface area (Å²) in [4.78, 5) is 10.8. The zero-order chi connectivity index (χ0) is 9.42. The monoisotopic (exact) mass is 189 g/mol. The molecule has 2 saturated heterocycles. The van der Waals surface area contributed by atoms with E-state index in [1.54, 1.807) is 0 Å². The van der Waals surface area contributed by atoms with Crippen molar-refractivity contribution in [3.63, 3.8) is 0 Å². The first kappa shape index (κ1) is 8.89. The average Bonchev–Trinajstić information content (AvgIpc) is 2.12. The molecule has 0 spiro atoms. The number of carbonyl (C=O) groups excluding carboxylic acids is 1. The van der Waals surface area contributed by atoms with E-state index in [0.29, 0.717) is 0 Å². The van der Waals surface area contributed by atoms with Gasteiger partial charge in [0.25, 0.3) is 0 Å².